The van der Waals surface area contributed by atoms with Crippen molar-refractivity contribution in [3.05, 3.63) is 0 Å². The standard InChI is InChI=1S/C47H80N4O18/c1-35(52)33-68-30-28-66-26-24-48-40(54)22-18-36(45(60)61)32-37(53)19-20-38(46(62)63)51-43(57)34-69-31-29-67-27-25-49-41(55)23-21-39(47(64)65)50-42(56)16-14-12-10-8-6-4-2-3-5-7-9-11-13-15-17-44(58)59/h36,38-39H,2-34H2,1H3,(H,48,54)(H,49,55)(H,50,56)(H,51,57)(H,58,59)(H,60,61)(H,62,63)(H,64,65)/t36-,38+,39+/m1/s1. The molecule has 0 aromatic carbocycles. The first-order chi connectivity index (χ1) is 33.0. The number of carboxylic acid groups (broad SMARTS) is 4. The third kappa shape index (κ3) is 41.6. The van der Waals surface area contributed by atoms with Crippen molar-refractivity contribution in [2.75, 3.05) is 65.9 Å². The molecule has 0 heterocycles. The number of carbonyl (C=O) groups excluding carboxylic acids is 6. The van der Waals surface area contributed by atoms with Crippen LogP contribution in [0.25, 0.3) is 0 Å². The molecule has 3 atom stereocenters. The summed E-state index contributed by atoms with van der Waals surface area (Å²) in [7, 11) is 0. The maximum Gasteiger partial charge on any atom is 0.326 e. The highest BCUT2D eigenvalue weighted by atomic mass is 16.5. The Morgan fingerprint density at radius 2 is 0.812 bits per heavy atom. The van der Waals surface area contributed by atoms with Crippen LogP contribution in [0.2, 0.25) is 0 Å². The molecule has 0 fully saturated rings. The van der Waals surface area contributed by atoms with E-state index in [2.05, 4.69) is 21.3 Å². The Bertz CT molecular complexity index is 1530. The molecule has 396 valence electrons. The van der Waals surface area contributed by atoms with E-state index in [4.69, 9.17) is 24.1 Å². The zero-order valence-electron chi connectivity index (χ0n) is 40.6. The maximum absolute atomic E-state index is 12.5. The smallest absolute Gasteiger partial charge is 0.326 e. The highest BCUT2D eigenvalue weighted by Crippen LogP contribution is 2.16. The fourth-order valence-electron chi connectivity index (χ4n) is 6.80. The summed E-state index contributed by atoms with van der Waals surface area (Å²) in [6.07, 6.45) is 13.5. The summed E-state index contributed by atoms with van der Waals surface area (Å²) in [5.74, 6) is -8.54. The van der Waals surface area contributed by atoms with E-state index in [1.165, 1.54) is 39.0 Å². The molecule has 0 aliphatic rings. The van der Waals surface area contributed by atoms with Gasteiger partial charge in [0.1, 0.15) is 31.1 Å². The van der Waals surface area contributed by atoms with Gasteiger partial charge in [0.05, 0.1) is 45.6 Å². The van der Waals surface area contributed by atoms with Crippen molar-refractivity contribution in [3.63, 3.8) is 0 Å². The van der Waals surface area contributed by atoms with Crippen LogP contribution in [0.15, 0.2) is 0 Å². The van der Waals surface area contributed by atoms with Gasteiger partial charge in [-0.15, -0.1) is 0 Å². The molecular weight excluding hydrogens is 909 g/mol. The van der Waals surface area contributed by atoms with Gasteiger partial charge >= 0.3 is 23.9 Å². The van der Waals surface area contributed by atoms with E-state index in [0.29, 0.717) is 6.42 Å². The Balaban J connectivity index is 4.10. The van der Waals surface area contributed by atoms with Crippen LogP contribution in [0, 0.1) is 5.92 Å². The molecule has 0 unspecified atom stereocenters. The average Bonchev–Trinajstić information content (AvgIpc) is 3.28. The monoisotopic (exact) mass is 989 g/mol. The number of hydrogen-bond donors (Lipinski definition) is 8. The Hall–Kier alpha value is -5.06. The minimum absolute atomic E-state index is 0.0172. The molecule has 0 radical (unpaired) electrons. The Labute approximate surface area is 405 Å². The lowest BCUT2D eigenvalue weighted by atomic mass is 9.94. The largest absolute Gasteiger partial charge is 0.481 e. The Kier molecular flexibility index (Phi) is 39.8. The van der Waals surface area contributed by atoms with Crippen LogP contribution in [0.4, 0.5) is 0 Å². The van der Waals surface area contributed by atoms with Crippen molar-refractivity contribution < 1.29 is 87.3 Å². The lowest BCUT2D eigenvalue weighted by Crippen LogP contribution is -2.43. The van der Waals surface area contributed by atoms with Gasteiger partial charge in [-0.1, -0.05) is 77.0 Å². The van der Waals surface area contributed by atoms with Gasteiger partial charge in [0.2, 0.25) is 23.6 Å². The summed E-state index contributed by atoms with van der Waals surface area (Å²) in [4.78, 5) is 118. The molecular formula is C47H80N4O18. The molecule has 0 saturated carbocycles. The molecule has 4 amide bonds. The third-order valence-corrected chi connectivity index (χ3v) is 10.6. The summed E-state index contributed by atoms with van der Waals surface area (Å²) in [5.41, 5.74) is 0. The second kappa shape index (κ2) is 43.0. The molecule has 69 heavy (non-hydrogen) atoms. The van der Waals surface area contributed by atoms with Gasteiger partial charge in [-0.3, -0.25) is 38.4 Å². The van der Waals surface area contributed by atoms with E-state index in [1.54, 1.807) is 0 Å². The number of unbranched alkanes of at least 4 members (excludes halogenated alkanes) is 13. The quantitative estimate of drug-likeness (QED) is 0.0405. The summed E-state index contributed by atoms with van der Waals surface area (Å²) in [6.45, 7) is 1.75. The van der Waals surface area contributed by atoms with Gasteiger partial charge < -0.3 is 60.6 Å². The van der Waals surface area contributed by atoms with E-state index >= 15 is 0 Å². The fraction of sp³-hybridized carbons (Fsp3) is 0.787. The number of ether oxygens (including phenoxy) is 4. The predicted octanol–water partition coefficient (Wildman–Crippen LogP) is 3.34. The SMILES string of the molecule is CC(=O)COCCOCCNC(=O)CC[C@H](CC(=O)CC[C@H](NC(=O)COCCOCCNC(=O)CC[C@H](NC(=O)CCCCCCCCCCCCCCCCC(=O)O)C(=O)O)C(=O)O)C(=O)O. The van der Waals surface area contributed by atoms with E-state index in [0.717, 1.165) is 51.4 Å². The third-order valence-electron chi connectivity index (χ3n) is 10.6. The molecule has 0 spiro atoms. The van der Waals surface area contributed by atoms with Gasteiger partial charge in [-0.25, -0.2) is 9.59 Å². The molecule has 0 aliphatic carbocycles. The van der Waals surface area contributed by atoms with Crippen LogP contribution in [0.5, 0.6) is 0 Å². The molecule has 0 rings (SSSR count). The summed E-state index contributed by atoms with van der Waals surface area (Å²) in [5, 5.41) is 47.2. The number of ketones is 2. The molecule has 0 bridgehead atoms. The van der Waals surface area contributed by atoms with Crippen LogP contribution < -0.4 is 21.3 Å². The minimum Gasteiger partial charge on any atom is -0.481 e. The molecule has 0 aromatic rings. The summed E-state index contributed by atoms with van der Waals surface area (Å²) >= 11 is 0. The topological polar surface area (TPSA) is 337 Å². The lowest BCUT2D eigenvalue weighted by Gasteiger charge is -2.15. The average molecular weight is 989 g/mol. The Morgan fingerprint density at radius 1 is 0.406 bits per heavy atom. The van der Waals surface area contributed by atoms with Crippen molar-refractivity contribution in [1.82, 2.24) is 21.3 Å². The van der Waals surface area contributed by atoms with Gasteiger partial charge in [-0.2, -0.15) is 0 Å². The fourth-order valence-corrected chi connectivity index (χ4v) is 6.80. The van der Waals surface area contributed by atoms with Crippen LogP contribution in [-0.4, -0.2) is 158 Å². The van der Waals surface area contributed by atoms with Crippen LogP contribution >= 0.6 is 0 Å². The van der Waals surface area contributed by atoms with Crippen LogP contribution in [-0.2, 0) is 66.9 Å². The number of Topliss-reactive ketones (excluding diaryl/α,β-unsaturated/α-hetero) is 2. The minimum atomic E-state index is -1.45. The van der Waals surface area contributed by atoms with Crippen LogP contribution in [0.1, 0.15) is 155 Å². The van der Waals surface area contributed by atoms with Crippen molar-refractivity contribution >= 4 is 59.1 Å². The summed E-state index contributed by atoms with van der Waals surface area (Å²) in [6, 6.07) is -2.65. The maximum atomic E-state index is 12.5. The van der Waals surface area contributed by atoms with E-state index < -0.39 is 78.4 Å². The molecule has 0 aromatic heterocycles. The van der Waals surface area contributed by atoms with Crippen molar-refractivity contribution in [2.24, 2.45) is 5.92 Å². The molecule has 0 aliphatic heterocycles. The first kappa shape index (κ1) is 63.9. The molecule has 22 heteroatoms. The van der Waals surface area contributed by atoms with Crippen molar-refractivity contribution in [2.45, 2.75) is 167 Å². The number of rotatable bonds is 49. The van der Waals surface area contributed by atoms with E-state index in [1.807, 2.05) is 0 Å². The zero-order valence-corrected chi connectivity index (χ0v) is 40.6. The first-order valence-corrected chi connectivity index (χ1v) is 24.4. The highest BCUT2D eigenvalue weighted by Gasteiger charge is 2.26. The number of carboxylic acids is 4. The number of hydrogen-bond acceptors (Lipinski definition) is 14. The number of carbonyl (C=O) groups is 10. The Morgan fingerprint density at radius 3 is 1.26 bits per heavy atom. The van der Waals surface area contributed by atoms with Gasteiger partial charge in [0.15, 0.2) is 5.78 Å². The molecule has 8 N–H and O–H groups in total. The summed E-state index contributed by atoms with van der Waals surface area (Å²) < 4.78 is 20.9. The lowest BCUT2D eigenvalue weighted by molar-refractivity contribution is -0.145. The van der Waals surface area contributed by atoms with Crippen molar-refractivity contribution in [1.29, 1.82) is 0 Å². The number of aliphatic carboxylic acids is 4. The molecule has 0 saturated heterocycles. The number of amides is 4. The zero-order chi connectivity index (χ0) is 51.5. The second-order valence-electron chi connectivity index (χ2n) is 16.9. The normalized spacial score (nSPS) is 12.3. The molecule has 22 nitrogen and oxygen atoms in total. The van der Waals surface area contributed by atoms with Gasteiger partial charge in [0, 0.05) is 51.6 Å². The predicted molar refractivity (Wildman–Crippen MR) is 249 cm³/mol. The first-order valence-electron chi connectivity index (χ1n) is 24.4. The van der Waals surface area contributed by atoms with Gasteiger partial charge in [0.25, 0.3) is 0 Å². The van der Waals surface area contributed by atoms with E-state index in [9.17, 15) is 63.3 Å². The van der Waals surface area contributed by atoms with E-state index in [-0.39, 0.29) is 122 Å². The van der Waals surface area contributed by atoms with Gasteiger partial charge in [-0.05, 0) is 39.0 Å². The van der Waals surface area contributed by atoms with Crippen molar-refractivity contribution in [3.8, 4) is 0 Å². The highest BCUT2D eigenvalue weighted by molar-refractivity contribution is 5.87. The second-order valence-corrected chi connectivity index (χ2v) is 16.9. The number of nitrogens with one attached hydrogen (secondary N) is 4. The van der Waals surface area contributed by atoms with Crippen LogP contribution in [0.3, 0.4) is 0 Å².